The van der Waals surface area contributed by atoms with Gasteiger partial charge in [0.15, 0.2) is 0 Å². The monoisotopic (exact) mass is 202 g/mol. The van der Waals surface area contributed by atoms with Gasteiger partial charge in [-0.25, -0.2) is 0 Å². The summed E-state index contributed by atoms with van der Waals surface area (Å²) in [7, 11) is 1.82. The smallest absolute Gasteiger partial charge is 0.114 e. The first-order chi connectivity index (χ1) is 5.60. The fraction of sp³-hybridized carbons (Fsp3) is 0.900. The Kier molecular flexibility index (Phi) is 3.85. The molecule has 0 atom stereocenters. The minimum Gasteiger partial charge on any atom is -0.301 e. The van der Waals surface area contributed by atoms with Crippen molar-refractivity contribution in [3.8, 4) is 0 Å². The summed E-state index contributed by atoms with van der Waals surface area (Å²) in [5, 5.41) is 0. The molecule has 0 aromatic heterocycles. The predicted molar refractivity (Wildman–Crippen MR) is 63.4 cm³/mol. The lowest BCUT2D eigenvalue weighted by Gasteiger charge is -2.38. The van der Waals surface area contributed by atoms with Crippen molar-refractivity contribution < 1.29 is 0 Å². The molecule has 0 spiro atoms. The lowest BCUT2D eigenvalue weighted by atomic mass is 9.93. The number of rotatable bonds is 0. The molecule has 0 heterocycles. The van der Waals surface area contributed by atoms with E-state index < -0.39 is 0 Å². The van der Waals surface area contributed by atoms with E-state index >= 15 is 0 Å². The molecule has 0 N–H and O–H groups in total. The molecule has 0 aliphatic carbocycles. The van der Waals surface area contributed by atoms with Gasteiger partial charge in [0.25, 0.3) is 0 Å². The van der Waals surface area contributed by atoms with Crippen LogP contribution in [0.15, 0.2) is 4.99 Å². The molecule has 78 valence electrons. The third kappa shape index (κ3) is 3.59. The second-order valence-electron chi connectivity index (χ2n) is 5.28. The van der Waals surface area contributed by atoms with E-state index in [1.54, 1.807) is 0 Å². The van der Waals surface area contributed by atoms with Crippen molar-refractivity contribution in [2.45, 2.75) is 47.1 Å². The highest BCUT2D eigenvalue weighted by Gasteiger charge is 2.29. The van der Waals surface area contributed by atoms with Gasteiger partial charge >= 0.3 is 0 Å². The molecule has 0 aliphatic heterocycles. The van der Waals surface area contributed by atoms with Crippen molar-refractivity contribution in [3.63, 3.8) is 0 Å². The van der Waals surface area contributed by atoms with E-state index in [9.17, 15) is 0 Å². The van der Waals surface area contributed by atoms with E-state index in [1.807, 2.05) is 11.4 Å². The predicted octanol–water partition coefficient (Wildman–Crippen LogP) is 3.01. The number of thiol groups is 1. The maximum Gasteiger partial charge on any atom is 0.114 e. The molecule has 0 saturated carbocycles. The molecule has 0 amide bonds. The summed E-state index contributed by atoms with van der Waals surface area (Å²) >= 11 is 4.48. The molecular weight excluding hydrogens is 180 g/mol. The van der Waals surface area contributed by atoms with E-state index in [2.05, 4.69) is 59.3 Å². The minimum absolute atomic E-state index is 0.00519. The lowest BCUT2D eigenvalue weighted by molar-refractivity contribution is 0.350. The Morgan fingerprint density at radius 3 is 1.54 bits per heavy atom. The topological polar surface area (TPSA) is 15.6 Å². The van der Waals surface area contributed by atoms with Crippen molar-refractivity contribution in [3.05, 3.63) is 0 Å². The van der Waals surface area contributed by atoms with Gasteiger partial charge in [0.05, 0.1) is 0 Å². The highest BCUT2D eigenvalue weighted by atomic mass is 32.1. The van der Waals surface area contributed by atoms with Gasteiger partial charge in [-0.05, 0) is 20.8 Å². The standard InChI is InChI=1S/C10H22N2S/c1-9(2,3)8(11-7)12(13)10(4,5)6/h13H,1-7H3. The van der Waals surface area contributed by atoms with Crippen molar-refractivity contribution >= 4 is 18.7 Å². The van der Waals surface area contributed by atoms with Crippen LogP contribution >= 0.6 is 12.8 Å². The Morgan fingerprint density at radius 2 is 1.46 bits per heavy atom. The molecule has 0 aliphatic rings. The summed E-state index contributed by atoms with van der Waals surface area (Å²) in [5.74, 6) is 1.02. The second-order valence-corrected chi connectivity index (χ2v) is 5.68. The second kappa shape index (κ2) is 3.91. The van der Waals surface area contributed by atoms with Crippen LogP contribution in [-0.4, -0.2) is 22.7 Å². The lowest BCUT2D eigenvalue weighted by Crippen LogP contribution is -2.44. The van der Waals surface area contributed by atoms with E-state index in [4.69, 9.17) is 0 Å². The van der Waals surface area contributed by atoms with E-state index in [0.717, 1.165) is 5.84 Å². The zero-order valence-corrected chi connectivity index (χ0v) is 10.7. The van der Waals surface area contributed by atoms with Gasteiger partial charge in [-0.15, -0.1) is 0 Å². The van der Waals surface area contributed by atoms with Crippen LogP contribution in [0.2, 0.25) is 0 Å². The van der Waals surface area contributed by atoms with Gasteiger partial charge in [0.2, 0.25) is 0 Å². The van der Waals surface area contributed by atoms with E-state index in [-0.39, 0.29) is 11.0 Å². The Hall–Kier alpha value is -0.180. The van der Waals surface area contributed by atoms with Crippen LogP contribution in [0.1, 0.15) is 41.5 Å². The normalized spacial score (nSPS) is 14.6. The molecule has 0 radical (unpaired) electrons. The van der Waals surface area contributed by atoms with Gasteiger partial charge in [-0.2, -0.15) is 0 Å². The fourth-order valence-corrected chi connectivity index (χ4v) is 1.45. The minimum atomic E-state index is 0.00519. The average Bonchev–Trinajstić information content (AvgIpc) is 1.83. The van der Waals surface area contributed by atoms with Crippen LogP contribution < -0.4 is 0 Å². The van der Waals surface area contributed by atoms with E-state index in [1.165, 1.54) is 0 Å². The summed E-state index contributed by atoms with van der Waals surface area (Å²) in [6.45, 7) is 12.8. The molecule has 2 nitrogen and oxygen atoms in total. The van der Waals surface area contributed by atoms with Crippen molar-refractivity contribution in [2.24, 2.45) is 10.4 Å². The van der Waals surface area contributed by atoms with Gasteiger partial charge < -0.3 is 4.31 Å². The highest BCUT2D eigenvalue weighted by Crippen LogP contribution is 2.26. The largest absolute Gasteiger partial charge is 0.301 e. The van der Waals surface area contributed by atoms with Crippen LogP contribution in [0.3, 0.4) is 0 Å². The summed E-state index contributed by atoms with van der Waals surface area (Å²) in [4.78, 5) is 4.29. The van der Waals surface area contributed by atoms with E-state index in [0.29, 0.717) is 0 Å². The van der Waals surface area contributed by atoms with Crippen LogP contribution in [-0.2, 0) is 0 Å². The third-order valence-electron chi connectivity index (χ3n) is 1.72. The molecule has 0 unspecified atom stereocenters. The molecule has 0 bridgehead atoms. The third-order valence-corrected chi connectivity index (χ3v) is 2.51. The molecule has 0 rings (SSSR count). The SMILES string of the molecule is CN=C(N(S)C(C)(C)C)C(C)(C)C. The van der Waals surface area contributed by atoms with Crippen LogP contribution in [0, 0.1) is 5.41 Å². The maximum absolute atomic E-state index is 4.48. The zero-order chi connectivity index (χ0) is 10.9. The zero-order valence-electron chi connectivity index (χ0n) is 9.84. The summed E-state index contributed by atoms with van der Waals surface area (Å²) in [6, 6.07) is 0. The first kappa shape index (κ1) is 12.8. The van der Waals surface area contributed by atoms with Gasteiger partial charge in [0, 0.05) is 18.0 Å². The van der Waals surface area contributed by atoms with Gasteiger partial charge in [-0.1, -0.05) is 33.6 Å². The molecule has 3 heteroatoms. The number of hydrogen-bond acceptors (Lipinski definition) is 2. The number of amidine groups is 1. The maximum atomic E-state index is 4.48. The Morgan fingerprint density at radius 1 is 1.08 bits per heavy atom. The number of nitrogens with zero attached hydrogens (tertiary/aromatic N) is 2. The highest BCUT2D eigenvalue weighted by molar-refractivity contribution is 7.78. The van der Waals surface area contributed by atoms with Crippen molar-refractivity contribution in [2.75, 3.05) is 7.05 Å². The molecule has 0 saturated heterocycles. The first-order valence-electron chi connectivity index (χ1n) is 4.57. The van der Waals surface area contributed by atoms with Crippen LogP contribution in [0.25, 0.3) is 0 Å². The molecule has 0 aromatic carbocycles. The Bertz CT molecular complexity index is 196. The summed E-state index contributed by atoms with van der Waals surface area (Å²) < 4.78 is 1.94. The number of hydrogen-bond donors (Lipinski definition) is 1. The molecule has 0 aromatic rings. The quantitative estimate of drug-likeness (QED) is 0.363. The average molecular weight is 202 g/mol. The first-order valence-corrected chi connectivity index (χ1v) is 4.97. The fourth-order valence-electron chi connectivity index (χ4n) is 1.07. The summed E-state index contributed by atoms with van der Waals surface area (Å²) in [6.07, 6.45) is 0. The van der Waals surface area contributed by atoms with Crippen LogP contribution in [0.4, 0.5) is 0 Å². The molecule has 0 fully saturated rings. The van der Waals surface area contributed by atoms with Crippen molar-refractivity contribution in [1.82, 2.24) is 4.31 Å². The number of aliphatic imine (C=N–C) groups is 1. The summed E-state index contributed by atoms with van der Waals surface area (Å²) in [5.41, 5.74) is 0.0506. The van der Waals surface area contributed by atoms with Crippen LogP contribution in [0.5, 0.6) is 0 Å². The van der Waals surface area contributed by atoms with Gasteiger partial charge in [0.1, 0.15) is 5.84 Å². The Labute approximate surface area is 88.0 Å². The van der Waals surface area contributed by atoms with Crippen molar-refractivity contribution in [1.29, 1.82) is 0 Å². The molecular formula is C10H22N2S. The molecule has 13 heavy (non-hydrogen) atoms. The van der Waals surface area contributed by atoms with Gasteiger partial charge in [-0.3, -0.25) is 4.99 Å². The Balaban J connectivity index is 4.84.